The molecule has 2 bridgehead atoms. The number of nitrogens with one attached hydrogen (secondary N) is 1. The van der Waals surface area contributed by atoms with Crippen LogP contribution in [0.3, 0.4) is 0 Å². The van der Waals surface area contributed by atoms with Crippen molar-refractivity contribution in [3.63, 3.8) is 0 Å². The monoisotopic (exact) mass is 332 g/mol. The molecule has 0 aromatic carbocycles. The van der Waals surface area contributed by atoms with E-state index in [0.29, 0.717) is 11.2 Å². The lowest BCUT2D eigenvalue weighted by Crippen LogP contribution is -2.21. The minimum absolute atomic E-state index is 0.369. The summed E-state index contributed by atoms with van der Waals surface area (Å²) in [5.41, 5.74) is 14.9. The molecule has 0 amide bonds. The summed E-state index contributed by atoms with van der Waals surface area (Å²) in [5, 5.41) is 2.19. The van der Waals surface area contributed by atoms with Gasteiger partial charge in [0, 0.05) is 17.3 Å². The molecule has 0 aliphatic heterocycles. The maximum Gasteiger partial charge on any atom is 0.370 e. The van der Waals surface area contributed by atoms with Crippen molar-refractivity contribution < 1.29 is 22.8 Å². The third-order valence-electron chi connectivity index (χ3n) is 3.28. The van der Waals surface area contributed by atoms with E-state index in [0.717, 1.165) is 24.4 Å². The zero-order chi connectivity index (χ0) is 14.1. The largest absolute Gasteiger partial charge is 0.370 e. The lowest BCUT2D eigenvalue weighted by Gasteiger charge is -2.19. The average Bonchev–Trinajstić information content (AvgIpc) is 2.82. The Labute approximate surface area is 115 Å². The van der Waals surface area contributed by atoms with Crippen molar-refractivity contribution in [1.29, 1.82) is 0 Å². The molecule has 0 aromatic rings. The Kier molecular flexibility index (Phi) is 5.12. The van der Waals surface area contributed by atoms with Crippen LogP contribution in [0.1, 0.15) is 25.7 Å². The Balaban J connectivity index is 1.64. The topological polar surface area (TPSA) is 152 Å². The highest BCUT2D eigenvalue weighted by Crippen LogP contribution is 2.50. The van der Waals surface area contributed by atoms with Gasteiger partial charge in [0.2, 0.25) is 0 Å². The van der Waals surface area contributed by atoms with Gasteiger partial charge in [0.1, 0.15) is 0 Å². The van der Waals surface area contributed by atoms with Crippen LogP contribution in [0.5, 0.6) is 0 Å². The number of hydrogen-bond donors (Lipinski definition) is 4. The van der Waals surface area contributed by atoms with Gasteiger partial charge in [0.15, 0.2) is 0 Å². The quantitative estimate of drug-likeness (QED) is 0.177. The molecule has 0 saturated heterocycles. The molecular weight excluding hydrogens is 314 g/mol. The van der Waals surface area contributed by atoms with Crippen molar-refractivity contribution in [2.45, 2.75) is 30.9 Å². The molecule has 9 nitrogen and oxygen atoms in total. The molecule has 2 aliphatic rings. The highest BCUT2D eigenvalue weighted by atomic mass is 32.2. The van der Waals surface area contributed by atoms with Crippen LogP contribution in [0.25, 0.3) is 0 Å². The predicted octanol–water partition coefficient (Wildman–Crippen LogP) is 1.38. The van der Waals surface area contributed by atoms with Crippen LogP contribution in [0.2, 0.25) is 0 Å². The Hall–Kier alpha value is 0.530. The van der Waals surface area contributed by atoms with Gasteiger partial charge in [-0.05, 0) is 31.1 Å². The second kappa shape index (κ2) is 6.11. The van der Waals surface area contributed by atoms with Crippen LogP contribution in [0, 0.1) is 11.8 Å². The molecule has 12 heteroatoms. The second-order valence-corrected chi connectivity index (χ2v) is 9.13. The van der Waals surface area contributed by atoms with E-state index in [1.807, 2.05) is 5.25 Å². The van der Waals surface area contributed by atoms with E-state index in [4.69, 9.17) is 20.8 Å². The van der Waals surface area contributed by atoms with Crippen LogP contribution in [-0.2, 0) is 22.8 Å². The molecule has 2 aliphatic carbocycles. The number of nitrogens with two attached hydrogens (primary N) is 3. The van der Waals surface area contributed by atoms with Crippen molar-refractivity contribution in [1.82, 2.24) is 5.25 Å². The van der Waals surface area contributed by atoms with Crippen LogP contribution in [0.4, 0.5) is 0 Å². The maximum atomic E-state index is 11.5. The maximum absolute atomic E-state index is 11.5. The number of rotatable bonds is 7. The molecule has 2 fully saturated rings. The highest BCUT2D eigenvalue weighted by Gasteiger charge is 2.40. The van der Waals surface area contributed by atoms with Crippen molar-refractivity contribution in [3.8, 4) is 0 Å². The Morgan fingerprint density at radius 2 is 1.89 bits per heavy atom. The first kappa shape index (κ1) is 15.9. The minimum atomic E-state index is -4.01. The lowest BCUT2D eigenvalue weighted by molar-refractivity contribution is -0.222. The Bertz CT molecular complexity index is 420. The van der Waals surface area contributed by atoms with Gasteiger partial charge in [-0.2, -0.15) is 0 Å². The third kappa shape index (κ3) is 5.09. The van der Waals surface area contributed by atoms with Crippen molar-refractivity contribution in [2.75, 3.05) is 0 Å². The van der Waals surface area contributed by atoms with E-state index in [9.17, 15) is 9.13 Å². The fraction of sp³-hybridized carbons (Fsp3) is 1.00. The molecule has 0 heterocycles. The first-order valence-corrected chi connectivity index (χ1v) is 10.0. The summed E-state index contributed by atoms with van der Waals surface area (Å²) >= 11 is 1.16. The molecule has 0 aromatic heterocycles. The van der Waals surface area contributed by atoms with Gasteiger partial charge >= 0.3 is 15.3 Å². The standard InChI is InChI=1S/C7H18N4O5P2S/c8-17(9,12)16-18(10,13)11-14-15-19-7-4-5-1-2-6(7)3-5/h5-7H,1-4H2,(H4,8,9,12)(H3,10,11,13). The minimum Gasteiger partial charge on any atom is -0.256 e. The molecule has 7 N–H and O–H groups in total. The molecule has 112 valence electrons. The highest BCUT2D eigenvalue weighted by molar-refractivity contribution is 7.95. The third-order valence-corrected chi connectivity index (χ3v) is 6.58. The lowest BCUT2D eigenvalue weighted by atomic mass is 10.0. The zero-order valence-corrected chi connectivity index (χ0v) is 12.7. The summed E-state index contributed by atoms with van der Waals surface area (Å²) in [7, 11) is -7.97. The Morgan fingerprint density at radius 1 is 1.16 bits per heavy atom. The van der Waals surface area contributed by atoms with Crippen LogP contribution in [-0.4, -0.2) is 5.25 Å². The zero-order valence-electron chi connectivity index (χ0n) is 10.1. The van der Waals surface area contributed by atoms with E-state index >= 15 is 0 Å². The summed E-state index contributed by atoms with van der Waals surface area (Å²) < 4.78 is 31.4. The van der Waals surface area contributed by atoms with Gasteiger partial charge in [-0.15, -0.1) is 9.32 Å². The summed E-state index contributed by atoms with van der Waals surface area (Å²) in [6.07, 6.45) is 4.82. The average molecular weight is 332 g/mol. The van der Waals surface area contributed by atoms with E-state index in [-0.39, 0.29) is 0 Å². The van der Waals surface area contributed by atoms with Gasteiger partial charge in [-0.25, -0.2) is 20.8 Å². The fourth-order valence-electron chi connectivity index (χ4n) is 2.65. The normalized spacial score (nSPS) is 33.5. The summed E-state index contributed by atoms with van der Waals surface area (Å²) in [4.78, 5) is 4.48. The molecule has 4 atom stereocenters. The SMILES string of the molecule is NP(N)(=O)OP(N)(=O)NOOSC1CC2CCC1C2. The molecule has 0 spiro atoms. The van der Waals surface area contributed by atoms with Crippen LogP contribution >= 0.6 is 27.4 Å². The smallest absolute Gasteiger partial charge is 0.256 e. The van der Waals surface area contributed by atoms with Gasteiger partial charge in [0.25, 0.3) is 0 Å². The first-order chi connectivity index (χ1) is 8.75. The van der Waals surface area contributed by atoms with Crippen molar-refractivity contribution >= 4 is 27.4 Å². The summed E-state index contributed by atoms with van der Waals surface area (Å²) in [5.74, 6) is 1.43. The van der Waals surface area contributed by atoms with Gasteiger partial charge in [-0.3, -0.25) is 9.13 Å². The first-order valence-electron chi connectivity index (χ1n) is 5.78. The molecular formula is C7H18N4O5P2S. The van der Waals surface area contributed by atoms with Crippen molar-refractivity contribution in [2.24, 2.45) is 28.3 Å². The second-order valence-electron chi connectivity index (χ2n) is 4.88. The predicted molar refractivity (Wildman–Crippen MR) is 71.0 cm³/mol. The van der Waals surface area contributed by atoms with Crippen LogP contribution < -0.4 is 21.8 Å². The van der Waals surface area contributed by atoms with Crippen LogP contribution in [0.15, 0.2) is 0 Å². The molecule has 19 heavy (non-hydrogen) atoms. The van der Waals surface area contributed by atoms with E-state index in [1.54, 1.807) is 0 Å². The van der Waals surface area contributed by atoms with E-state index in [2.05, 4.69) is 9.30 Å². The van der Waals surface area contributed by atoms with Gasteiger partial charge in [-0.1, -0.05) is 11.7 Å². The molecule has 2 saturated carbocycles. The summed E-state index contributed by atoms with van der Waals surface area (Å²) in [6, 6.07) is 0. The summed E-state index contributed by atoms with van der Waals surface area (Å²) in [6.45, 7) is 0. The number of hydrogen-bond acceptors (Lipinski definition) is 6. The van der Waals surface area contributed by atoms with E-state index in [1.165, 1.54) is 19.3 Å². The number of fused-ring (bicyclic) bond motifs is 2. The molecule has 2 rings (SSSR count). The Morgan fingerprint density at radius 3 is 2.42 bits per heavy atom. The van der Waals surface area contributed by atoms with Gasteiger partial charge < -0.3 is 0 Å². The molecule has 4 unspecified atom stereocenters. The van der Waals surface area contributed by atoms with E-state index < -0.39 is 15.3 Å². The molecule has 0 radical (unpaired) electrons. The van der Waals surface area contributed by atoms with Crippen molar-refractivity contribution in [3.05, 3.63) is 0 Å². The van der Waals surface area contributed by atoms with Gasteiger partial charge in [0.05, 0.1) is 0 Å². The fourth-order valence-corrected chi connectivity index (χ4v) is 5.42.